The number of ether oxygens (including phenoxy) is 1. The van der Waals surface area contributed by atoms with Crippen molar-refractivity contribution in [3.05, 3.63) is 67.1 Å². The number of aliphatic hydroxyl groups is 1. The second-order valence-electron chi connectivity index (χ2n) is 7.79. The number of fused-ring (bicyclic) bond motifs is 1. The fourth-order valence-electron chi connectivity index (χ4n) is 3.70. The lowest BCUT2D eigenvalue weighted by molar-refractivity contribution is -0.123. The molecule has 0 spiro atoms. The van der Waals surface area contributed by atoms with E-state index in [1.807, 2.05) is 72.3 Å². The van der Waals surface area contributed by atoms with Crippen molar-refractivity contribution in [3.8, 4) is 22.6 Å². The van der Waals surface area contributed by atoms with E-state index in [1.165, 1.54) is 6.33 Å². The number of aliphatic hydroxyl groups excluding tert-OH is 1. The summed E-state index contributed by atoms with van der Waals surface area (Å²) in [5.74, 6) is 1.68. The number of nitrogens with two attached hydrogens (primary N) is 1. The molecule has 0 saturated heterocycles. The molecule has 0 aliphatic carbocycles. The van der Waals surface area contributed by atoms with Gasteiger partial charge in [0.25, 0.3) is 0 Å². The molecule has 4 rings (SSSR count). The van der Waals surface area contributed by atoms with E-state index in [4.69, 9.17) is 15.6 Å². The van der Waals surface area contributed by atoms with Gasteiger partial charge in [0.2, 0.25) is 5.91 Å². The Hall–Kier alpha value is -3.95. The van der Waals surface area contributed by atoms with Crippen LogP contribution in [0.3, 0.4) is 0 Å². The van der Waals surface area contributed by atoms with E-state index in [0.29, 0.717) is 42.2 Å². The van der Waals surface area contributed by atoms with E-state index in [9.17, 15) is 4.79 Å². The van der Waals surface area contributed by atoms with Gasteiger partial charge in [-0.25, -0.2) is 9.97 Å². The van der Waals surface area contributed by atoms with Crippen molar-refractivity contribution < 1.29 is 14.6 Å². The van der Waals surface area contributed by atoms with Crippen molar-refractivity contribution in [3.63, 3.8) is 0 Å². The highest BCUT2D eigenvalue weighted by Gasteiger charge is 2.22. The first-order valence-electron chi connectivity index (χ1n) is 11.1. The highest BCUT2D eigenvalue weighted by atomic mass is 16.5. The van der Waals surface area contributed by atoms with Crippen molar-refractivity contribution in [1.29, 1.82) is 0 Å². The predicted molar refractivity (Wildman–Crippen MR) is 132 cm³/mol. The Bertz CT molecular complexity index is 1240. The number of hydrogen-bond donors (Lipinski definition) is 4. The second-order valence-corrected chi connectivity index (χ2v) is 7.79. The monoisotopic (exact) mass is 460 g/mol. The summed E-state index contributed by atoms with van der Waals surface area (Å²) in [6, 6.07) is 16.7. The van der Waals surface area contributed by atoms with Crippen LogP contribution in [0, 0.1) is 0 Å². The fraction of sp³-hybridized carbons (Fsp3) is 0.240. The Balaban J connectivity index is 1.58. The molecule has 0 radical (unpaired) electrons. The minimum Gasteiger partial charge on any atom is -0.457 e. The summed E-state index contributed by atoms with van der Waals surface area (Å²) in [5.41, 5.74) is 8.56. The van der Waals surface area contributed by atoms with Crippen molar-refractivity contribution in [1.82, 2.24) is 25.2 Å². The van der Waals surface area contributed by atoms with E-state index in [2.05, 4.69) is 20.6 Å². The maximum atomic E-state index is 12.8. The smallest absolute Gasteiger partial charge is 0.242 e. The molecule has 2 aromatic carbocycles. The Labute approximate surface area is 197 Å². The summed E-state index contributed by atoms with van der Waals surface area (Å²) in [5, 5.41) is 15.5. The van der Waals surface area contributed by atoms with E-state index >= 15 is 0 Å². The number of nitrogens with one attached hydrogen (secondary N) is 2. The summed E-state index contributed by atoms with van der Waals surface area (Å²) in [6.07, 6.45) is 3.29. The van der Waals surface area contributed by atoms with E-state index < -0.39 is 6.04 Å². The number of amides is 1. The van der Waals surface area contributed by atoms with Crippen molar-refractivity contribution in [2.45, 2.75) is 13.0 Å². The minimum absolute atomic E-state index is 0.0585. The number of benzene rings is 2. The molecule has 9 heteroatoms. The molecular formula is C25H28N6O3. The van der Waals surface area contributed by atoms with E-state index in [-0.39, 0.29) is 12.5 Å². The van der Waals surface area contributed by atoms with Gasteiger partial charge in [-0.15, -0.1) is 0 Å². The van der Waals surface area contributed by atoms with Gasteiger partial charge in [0.05, 0.1) is 12.0 Å². The number of nitrogen functional groups attached to an aromatic ring is 1. The number of nitrogens with zero attached hydrogens (tertiary/aromatic N) is 3. The molecule has 0 saturated carbocycles. The molecule has 0 bridgehead atoms. The average Bonchev–Trinajstić information content (AvgIpc) is 3.25. The summed E-state index contributed by atoms with van der Waals surface area (Å²) in [7, 11) is 0. The van der Waals surface area contributed by atoms with Crippen LogP contribution in [-0.2, 0) is 4.79 Å². The van der Waals surface area contributed by atoms with Crippen LogP contribution < -0.4 is 21.1 Å². The van der Waals surface area contributed by atoms with Gasteiger partial charge < -0.3 is 30.8 Å². The van der Waals surface area contributed by atoms with Crippen LogP contribution in [0.2, 0.25) is 0 Å². The largest absolute Gasteiger partial charge is 0.457 e. The van der Waals surface area contributed by atoms with Crippen LogP contribution in [0.5, 0.6) is 11.5 Å². The van der Waals surface area contributed by atoms with Gasteiger partial charge in [0, 0.05) is 31.4 Å². The third-order valence-corrected chi connectivity index (χ3v) is 5.47. The Morgan fingerprint density at radius 1 is 1.06 bits per heavy atom. The maximum Gasteiger partial charge on any atom is 0.242 e. The van der Waals surface area contributed by atoms with Crippen molar-refractivity contribution in [2.24, 2.45) is 0 Å². The zero-order chi connectivity index (χ0) is 23.9. The number of carbonyl (C=O) groups excluding carboxylic acids is 1. The van der Waals surface area contributed by atoms with Crippen LogP contribution in [0.4, 0.5) is 5.82 Å². The molecule has 34 heavy (non-hydrogen) atoms. The van der Waals surface area contributed by atoms with Crippen molar-refractivity contribution >= 4 is 22.8 Å². The van der Waals surface area contributed by atoms with Gasteiger partial charge in [0.1, 0.15) is 35.3 Å². The Morgan fingerprint density at radius 3 is 2.53 bits per heavy atom. The summed E-state index contributed by atoms with van der Waals surface area (Å²) >= 11 is 0. The molecule has 5 N–H and O–H groups in total. The van der Waals surface area contributed by atoms with Gasteiger partial charge >= 0.3 is 0 Å². The third kappa shape index (κ3) is 5.16. The number of carbonyl (C=O) groups is 1. The van der Waals surface area contributed by atoms with Gasteiger partial charge in [-0.1, -0.05) is 30.3 Å². The molecule has 0 aliphatic rings. The van der Waals surface area contributed by atoms with Gasteiger partial charge in [-0.3, -0.25) is 4.79 Å². The third-order valence-electron chi connectivity index (χ3n) is 5.47. The van der Waals surface area contributed by atoms with Crippen LogP contribution >= 0.6 is 0 Å². The van der Waals surface area contributed by atoms with E-state index in [0.717, 1.165) is 16.9 Å². The zero-order valence-electron chi connectivity index (χ0n) is 18.9. The van der Waals surface area contributed by atoms with Crippen LogP contribution in [0.15, 0.2) is 67.1 Å². The molecular weight excluding hydrogens is 432 g/mol. The quantitative estimate of drug-likeness (QED) is 0.268. The lowest BCUT2D eigenvalue weighted by atomic mass is 10.1. The number of rotatable bonds is 10. The van der Waals surface area contributed by atoms with E-state index in [1.54, 1.807) is 0 Å². The first-order valence-corrected chi connectivity index (χ1v) is 11.1. The summed E-state index contributed by atoms with van der Waals surface area (Å²) in [4.78, 5) is 21.3. The predicted octanol–water partition coefficient (Wildman–Crippen LogP) is 2.73. The molecule has 1 atom stereocenters. The Kier molecular flexibility index (Phi) is 7.36. The first-order chi connectivity index (χ1) is 16.6. The van der Waals surface area contributed by atoms with Gasteiger partial charge in [-0.05, 0) is 36.8 Å². The lowest BCUT2D eigenvalue weighted by Gasteiger charge is -2.15. The lowest BCUT2D eigenvalue weighted by Crippen LogP contribution is -2.36. The highest BCUT2D eigenvalue weighted by molar-refractivity contribution is 6.01. The molecule has 1 amide bonds. The van der Waals surface area contributed by atoms with Gasteiger partial charge in [0.15, 0.2) is 0 Å². The zero-order valence-corrected chi connectivity index (χ0v) is 18.9. The first kappa shape index (κ1) is 23.2. The molecule has 1 unspecified atom stereocenters. The summed E-state index contributed by atoms with van der Waals surface area (Å²) in [6.45, 7) is 3.39. The molecule has 2 aromatic heterocycles. The SMILES string of the molecule is CC(C(=O)NCCNCCO)n1cc(-c2ccc(Oc3ccccc3)cc2)c2c(N)ncnc21. The van der Waals surface area contributed by atoms with Gasteiger partial charge in [-0.2, -0.15) is 0 Å². The van der Waals surface area contributed by atoms with Crippen molar-refractivity contribution in [2.75, 3.05) is 32.0 Å². The average molecular weight is 461 g/mol. The van der Waals surface area contributed by atoms with Crippen LogP contribution in [0.1, 0.15) is 13.0 Å². The highest BCUT2D eigenvalue weighted by Crippen LogP contribution is 2.35. The molecule has 176 valence electrons. The number of aromatic nitrogens is 3. The minimum atomic E-state index is -0.510. The number of para-hydroxylation sites is 1. The maximum absolute atomic E-state index is 12.8. The Morgan fingerprint density at radius 2 is 1.79 bits per heavy atom. The molecule has 9 nitrogen and oxygen atoms in total. The van der Waals surface area contributed by atoms with Crippen LogP contribution in [0.25, 0.3) is 22.2 Å². The standard InChI is InChI=1S/C25H28N6O3/c1-17(25(33)28-12-11-27-13-14-32)31-15-21(22-23(26)29-16-30-24(22)31)18-7-9-20(10-8-18)34-19-5-3-2-4-6-19/h2-10,15-17,27,32H,11-14H2,1H3,(H,28,33)(H2,26,29,30). The molecule has 4 aromatic rings. The van der Waals surface area contributed by atoms with Crippen LogP contribution in [-0.4, -0.2) is 51.8 Å². The normalized spacial score (nSPS) is 11.9. The molecule has 0 aliphatic heterocycles. The second kappa shape index (κ2) is 10.8. The fourth-order valence-corrected chi connectivity index (χ4v) is 3.70. The number of hydrogen-bond acceptors (Lipinski definition) is 7. The summed E-state index contributed by atoms with van der Waals surface area (Å²) < 4.78 is 7.70. The molecule has 0 fully saturated rings. The number of anilines is 1. The molecule has 2 heterocycles. The topological polar surface area (TPSA) is 127 Å².